The van der Waals surface area contributed by atoms with E-state index < -0.39 is 0 Å². The lowest BCUT2D eigenvalue weighted by Crippen LogP contribution is -2.17. The highest BCUT2D eigenvalue weighted by molar-refractivity contribution is 5.80. The molecule has 17 heavy (non-hydrogen) atoms. The monoisotopic (exact) mass is 238 g/mol. The lowest BCUT2D eigenvalue weighted by Gasteiger charge is -2.29. The second kappa shape index (κ2) is 7.18. The van der Waals surface area contributed by atoms with Gasteiger partial charge in [-0.05, 0) is 30.6 Å². The highest BCUT2D eigenvalue weighted by Gasteiger charge is 2.22. The van der Waals surface area contributed by atoms with Crippen LogP contribution in [0.4, 0.5) is 0 Å². The molecule has 0 N–H and O–H groups in total. The molecule has 0 heterocycles. The molecular weight excluding hydrogens is 208 g/mol. The Morgan fingerprint density at radius 1 is 1.00 bits per heavy atom. The minimum absolute atomic E-state index is 0.229. The highest BCUT2D eigenvalue weighted by atomic mass is 16.1. The predicted molar refractivity (Wildman–Crippen MR) is 74.0 cm³/mol. The minimum Gasteiger partial charge on any atom is -0.299 e. The zero-order valence-electron chi connectivity index (χ0n) is 12.2. The van der Waals surface area contributed by atoms with Crippen molar-refractivity contribution in [2.45, 2.75) is 72.6 Å². The van der Waals surface area contributed by atoms with Gasteiger partial charge in [-0.2, -0.15) is 0 Å². The molecule has 0 spiro atoms. The van der Waals surface area contributed by atoms with E-state index in [9.17, 15) is 4.79 Å². The summed E-state index contributed by atoms with van der Waals surface area (Å²) in [5, 5.41) is 0. The largest absolute Gasteiger partial charge is 0.299 e. The first-order valence-electron chi connectivity index (χ1n) is 7.51. The first kappa shape index (κ1) is 14.7. The quantitative estimate of drug-likeness (QED) is 0.647. The first-order chi connectivity index (χ1) is 7.99. The fourth-order valence-corrected chi connectivity index (χ4v) is 3.06. The number of Topliss-reactive ketones (excluding diaryl/α,β-unsaturated/α-hetero) is 1. The molecule has 1 aliphatic carbocycles. The van der Waals surface area contributed by atoms with Crippen molar-refractivity contribution < 1.29 is 4.79 Å². The number of hydrogen-bond donors (Lipinski definition) is 0. The molecule has 1 rings (SSSR count). The molecule has 1 saturated carbocycles. The summed E-state index contributed by atoms with van der Waals surface area (Å²) < 4.78 is 0. The van der Waals surface area contributed by atoms with Crippen LogP contribution in [0.3, 0.4) is 0 Å². The molecule has 0 radical (unpaired) electrons. The van der Waals surface area contributed by atoms with Gasteiger partial charge in [-0.3, -0.25) is 4.79 Å². The van der Waals surface area contributed by atoms with Gasteiger partial charge >= 0.3 is 0 Å². The molecule has 0 atom stereocenters. The Kier molecular flexibility index (Phi) is 6.22. The van der Waals surface area contributed by atoms with Gasteiger partial charge in [0.2, 0.25) is 0 Å². The zero-order chi connectivity index (χ0) is 12.8. The fourth-order valence-electron chi connectivity index (χ4n) is 3.06. The summed E-state index contributed by atoms with van der Waals surface area (Å²) >= 11 is 0. The number of ketones is 1. The SMILES string of the molecule is CC(C)C[C@H]1CC[C@@H](CCC(=O)C(C)C)CC1. The van der Waals surface area contributed by atoms with Gasteiger partial charge < -0.3 is 0 Å². The van der Waals surface area contributed by atoms with E-state index in [0.29, 0.717) is 5.78 Å². The molecule has 0 aromatic rings. The standard InChI is InChI=1S/C16H30O/c1-12(2)11-15-7-5-14(6-8-15)9-10-16(17)13(3)4/h12-15H,5-11H2,1-4H3/t14-,15+. The van der Waals surface area contributed by atoms with Crippen LogP contribution in [-0.2, 0) is 4.79 Å². The zero-order valence-corrected chi connectivity index (χ0v) is 12.2. The Labute approximate surface area is 107 Å². The summed E-state index contributed by atoms with van der Waals surface area (Å²) in [6, 6.07) is 0. The van der Waals surface area contributed by atoms with Crippen LogP contribution in [0.25, 0.3) is 0 Å². The van der Waals surface area contributed by atoms with E-state index in [2.05, 4.69) is 13.8 Å². The fraction of sp³-hybridized carbons (Fsp3) is 0.938. The molecule has 0 aliphatic heterocycles. The summed E-state index contributed by atoms with van der Waals surface area (Å²) in [6.07, 6.45) is 8.89. The van der Waals surface area contributed by atoms with Crippen molar-refractivity contribution in [1.82, 2.24) is 0 Å². The topological polar surface area (TPSA) is 17.1 Å². The number of carbonyl (C=O) groups excluding carboxylic acids is 1. The van der Waals surface area contributed by atoms with Crippen LogP contribution in [0, 0.1) is 23.7 Å². The maximum absolute atomic E-state index is 11.6. The first-order valence-corrected chi connectivity index (χ1v) is 7.51. The van der Waals surface area contributed by atoms with E-state index in [-0.39, 0.29) is 5.92 Å². The molecular formula is C16H30O. The van der Waals surface area contributed by atoms with Crippen molar-refractivity contribution in [3.05, 3.63) is 0 Å². The van der Waals surface area contributed by atoms with Gasteiger partial charge in [-0.25, -0.2) is 0 Å². The van der Waals surface area contributed by atoms with Gasteiger partial charge in [0.15, 0.2) is 0 Å². The molecule has 0 bridgehead atoms. The van der Waals surface area contributed by atoms with E-state index >= 15 is 0 Å². The van der Waals surface area contributed by atoms with E-state index in [1.807, 2.05) is 13.8 Å². The average Bonchev–Trinajstić information content (AvgIpc) is 2.26. The summed E-state index contributed by atoms with van der Waals surface area (Å²) in [7, 11) is 0. The molecule has 1 fully saturated rings. The third kappa shape index (κ3) is 5.70. The molecule has 100 valence electrons. The number of hydrogen-bond acceptors (Lipinski definition) is 1. The highest BCUT2D eigenvalue weighted by Crippen LogP contribution is 2.34. The van der Waals surface area contributed by atoms with Crippen LogP contribution in [0.5, 0.6) is 0 Å². The van der Waals surface area contributed by atoms with Gasteiger partial charge in [0.1, 0.15) is 5.78 Å². The van der Waals surface area contributed by atoms with Crippen molar-refractivity contribution in [1.29, 1.82) is 0 Å². The Bertz CT molecular complexity index is 222. The summed E-state index contributed by atoms with van der Waals surface area (Å²) in [5.74, 6) is 3.33. The lowest BCUT2D eigenvalue weighted by atomic mass is 9.77. The minimum atomic E-state index is 0.229. The van der Waals surface area contributed by atoms with E-state index in [1.54, 1.807) is 0 Å². The molecule has 0 saturated heterocycles. The third-order valence-electron chi connectivity index (χ3n) is 4.21. The maximum atomic E-state index is 11.6. The lowest BCUT2D eigenvalue weighted by molar-refractivity contribution is -0.122. The van der Waals surface area contributed by atoms with Crippen molar-refractivity contribution in [2.75, 3.05) is 0 Å². The molecule has 0 unspecified atom stereocenters. The summed E-state index contributed by atoms with van der Waals surface area (Å²) in [5.41, 5.74) is 0. The number of carbonyl (C=O) groups is 1. The Hall–Kier alpha value is -0.330. The summed E-state index contributed by atoms with van der Waals surface area (Å²) in [6.45, 7) is 8.69. The Balaban J connectivity index is 2.17. The molecule has 0 aromatic carbocycles. The molecule has 1 aliphatic rings. The van der Waals surface area contributed by atoms with Crippen LogP contribution >= 0.6 is 0 Å². The Morgan fingerprint density at radius 3 is 2.00 bits per heavy atom. The van der Waals surface area contributed by atoms with Crippen LogP contribution in [0.2, 0.25) is 0 Å². The van der Waals surface area contributed by atoms with E-state index in [1.165, 1.54) is 32.1 Å². The Morgan fingerprint density at radius 2 is 1.53 bits per heavy atom. The van der Waals surface area contributed by atoms with Crippen molar-refractivity contribution in [2.24, 2.45) is 23.7 Å². The summed E-state index contributed by atoms with van der Waals surface area (Å²) in [4.78, 5) is 11.6. The second-order valence-corrected chi connectivity index (χ2v) is 6.68. The van der Waals surface area contributed by atoms with Crippen molar-refractivity contribution in [3.63, 3.8) is 0 Å². The predicted octanol–water partition coefficient (Wildman–Crippen LogP) is 4.84. The van der Waals surface area contributed by atoms with Crippen molar-refractivity contribution in [3.8, 4) is 0 Å². The van der Waals surface area contributed by atoms with Crippen LogP contribution in [0.1, 0.15) is 72.6 Å². The van der Waals surface area contributed by atoms with Gasteiger partial charge in [0.25, 0.3) is 0 Å². The van der Waals surface area contributed by atoms with Crippen molar-refractivity contribution >= 4 is 5.78 Å². The van der Waals surface area contributed by atoms with Gasteiger partial charge in [-0.1, -0.05) is 53.4 Å². The average molecular weight is 238 g/mol. The maximum Gasteiger partial charge on any atom is 0.135 e. The molecule has 0 amide bonds. The van der Waals surface area contributed by atoms with Gasteiger partial charge in [0, 0.05) is 12.3 Å². The molecule has 1 nitrogen and oxygen atoms in total. The van der Waals surface area contributed by atoms with E-state index in [4.69, 9.17) is 0 Å². The third-order valence-corrected chi connectivity index (χ3v) is 4.21. The number of rotatable bonds is 6. The van der Waals surface area contributed by atoms with Gasteiger partial charge in [-0.15, -0.1) is 0 Å². The van der Waals surface area contributed by atoms with Crippen LogP contribution in [-0.4, -0.2) is 5.78 Å². The van der Waals surface area contributed by atoms with E-state index in [0.717, 1.165) is 30.6 Å². The van der Waals surface area contributed by atoms with Crippen LogP contribution in [0.15, 0.2) is 0 Å². The molecule has 0 aromatic heterocycles. The van der Waals surface area contributed by atoms with Crippen LogP contribution < -0.4 is 0 Å². The molecule has 1 heteroatoms. The normalized spacial score (nSPS) is 25.5. The second-order valence-electron chi connectivity index (χ2n) is 6.68. The van der Waals surface area contributed by atoms with Gasteiger partial charge in [0.05, 0.1) is 0 Å². The smallest absolute Gasteiger partial charge is 0.135 e.